The Morgan fingerprint density at radius 2 is 2.06 bits per heavy atom. The van der Waals surface area contributed by atoms with Gasteiger partial charge in [-0.1, -0.05) is 0 Å². The van der Waals surface area contributed by atoms with E-state index in [0.29, 0.717) is 16.0 Å². The van der Waals surface area contributed by atoms with E-state index in [9.17, 15) is 12.9 Å². The number of rotatable bonds is 7. The van der Waals surface area contributed by atoms with Gasteiger partial charge in [0.15, 0.2) is 0 Å². The Bertz CT molecular complexity index is 432. The second-order valence-electron chi connectivity index (χ2n) is 3.84. The van der Waals surface area contributed by atoms with Crippen molar-refractivity contribution in [1.82, 2.24) is 0 Å². The molecule has 0 amide bonds. The van der Waals surface area contributed by atoms with Gasteiger partial charge in [-0.15, -0.1) is 0 Å². The summed E-state index contributed by atoms with van der Waals surface area (Å²) < 4.78 is 27.4. The van der Waals surface area contributed by atoms with Crippen LogP contribution in [0.1, 0.15) is 0 Å². The van der Waals surface area contributed by atoms with Crippen LogP contribution >= 0.6 is 11.6 Å². The molecule has 2 N–H and O–H groups in total. The molecule has 0 saturated carbocycles. The van der Waals surface area contributed by atoms with E-state index in [-0.39, 0.29) is 11.8 Å². The number of aliphatic hydroxyl groups is 1. The minimum absolute atomic E-state index is 0.0193. The van der Waals surface area contributed by atoms with Crippen molar-refractivity contribution in [2.24, 2.45) is 0 Å². The molecule has 1 aromatic carbocycles. The van der Waals surface area contributed by atoms with Gasteiger partial charge in [-0.3, -0.25) is 0 Å². The molecule has 0 aliphatic rings. The van der Waals surface area contributed by atoms with Crippen LogP contribution in [-0.4, -0.2) is 42.4 Å². The van der Waals surface area contributed by atoms with Crippen LogP contribution in [0.2, 0.25) is 10.2 Å². The van der Waals surface area contributed by atoms with E-state index in [1.807, 2.05) is 0 Å². The number of hydrogen-bond acceptors (Lipinski definition) is 3. The molecule has 0 aliphatic heterocycles. The summed E-state index contributed by atoms with van der Waals surface area (Å²) in [7, 11) is 0. The SMILES string of the molecule is C=CCOCC(O)C[As](=O)(O)c1ccc(Cl)cc1. The van der Waals surface area contributed by atoms with E-state index in [4.69, 9.17) is 16.3 Å². The molecule has 18 heavy (non-hydrogen) atoms. The van der Waals surface area contributed by atoms with Gasteiger partial charge in [0.05, 0.1) is 0 Å². The number of ether oxygens (including phenoxy) is 1. The molecule has 4 nitrogen and oxygen atoms in total. The van der Waals surface area contributed by atoms with E-state index < -0.39 is 19.9 Å². The Hall–Kier alpha value is -0.512. The molecular weight excluding hydrogens is 319 g/mol. The third kappa shape index (κ3) is 5.00. The first-order chi connectivity index (χ1) is 8.45. The average Bonchev–Trinajstić information content (AvgIpc) is 2.29. The summed E-state index contributed by atoms with van der Waals surface area (Å²) in [4.78, 5) is 0. The number of halogens is 1. The first-order valence-corrected chi connectivity index (χ1v) is 9.65. The molecule has 100 valence electrons. The van der Waals surface area contributed by atoms with E-state index in [2.05, 4.69) is 6.58 Å². The topological polar surface area (TPSA) is 66.8 Å². The molecular formula is C12H16AsClO4. The second kappa shape index (κ2) is 7.17. The van der Waals surface area contributed by atoms with Gasteiger partial charge in [0.1, 0.15) is 0 Å². The molecule has 1 rings (SSSR count). The van der Waals surface area contributed by atoms with Gasteiger partial charge in [-0.25, -0.2) is 0 Å². The van der Waals surface area contributed by atoms with E-state index in [1.165, 1.54) is 12.1 Å². The van der Waals surface area contributed by atoms with E-state index >= 15 is 0 Å². The van der Waals surface area contributed by atoms with Crippen LogP contribution in [0.4, 0.5) is 0 Å². The Labute approximate surface area is 114 Å². The normalized spacial score (nSPS) is 15.9. The zero-order valence-electron chi connectivity index (χ0n) is 9.83. The van der Waals surface area contributed by atoms with Crippen molar-refractivity contribution in [2.45, 2.75) is 11.3 Å². The molecule has 0 saturated heterocycles. The van der Waals surface area contributed by atoms with Crippen LogP contribution in [0.15, 0.2) is 36.9 Å². The molecule has 0 spiro atoms. The van der Waals surface area contributed by atoms with E-state index in [0.717, 1.165) is 0 Å². The van der Waals surface area contributed by atoms with Crippen molar-refractivity contribution < 1.29 is 17.7 Å². The van der Waals surface area contributed by atoms with Crippen molar-refractivity contribution in [2.75, 3.05) is 13.2 Å². The summed E-state index contributed by atoms with van der Waals surface area (Å²) >= 11 is 1.46. The van der Waals surface area contributed by atoms with Crippen molar-refractivity contribution in [1.29, 1.82) is 0 Å². The monoisotopic (exact) mass is 334 g/mol. The summed E-state index contributed by atoms with van der Waals surface area (Å²) in [6, 6.07) is 6.14. The van der Waals surface area contributed by atoms with Gasteiger partial charge in [0, 0.05) is 0 Å². The van der Waals surface area contributed by atoms with Gasteiger partial charge in [-0.2, -0.15) is 0 Å². The molecule has 2 atom stereocenters. The summed E-state index contributed by atoms with van der Waals surface area (Å²) in [5.41, 5.74) is 0. The van der Waals surface area contributed by atoms with Gasteiger partial charge in [0.25, 0.3) is 0 Å². The maximum atomic E-state index is 12.1. The Morgan fingerprint density at radius 1 is 1.44 bits per heavy atom. The number of benzene rings is 1. The van der Waals surface area contributed by atoms with Gasteiger partial charge >= 0.3 is 114 Å². The van der Waals surface area contributed by atoms with E-state index in [1.54, 1.807) is 18.2 Å². The zero-order valence-corrected chi connectivity index (χ0v) is 12.5. The van der Waals surface area contributed by atoms with Gasteiger partial charge < -0.3 is 0 Å². The molecule has 0 aliphatic carbocycles. The van der Waals surface area contributed by atoms with Crippen molar-refractivity contribution >= 4 is 29.8 Å². The summed E-state index contributed by atoms with van der Waals surface area (Å²) in [5.74, 6) is 0. The van der Waals surface area contributed by atoms with Crippen molar-refractivity contribution in [3.63, 3.8) is 0 Å². The quantitative estimate of drug-likeness (QED) is 0.443. The van der Waals surface area contributed by atoms with Crippen LogP contribution in [0, 0.1) is 0 Å². The first-order valence-electron chi connectivity index (χ1n) is 5.40. The molecule has 2 unspecified atom stereocenters. The predicted octanol–water partition coefficient (Wildman–Crippen LogP) is 0.975. The number of hydrogen-bond donors (Lipinski definition) is 2. The van der Waals surface area contributed by atoms with Gasteiger partial charge in [-0.05, 0) is 0 Å². The van der Waals surface area contributed by atoms with Crippen LogP contribution in [0.5, 0.6) is 0 Å². The van der Waals surface area contributed by atoms with Crippen LogP contribution < -0.4 is 4.35 Å². The Kier molecular flexibility index (Phi) is 6.19. The van der Waals surface area contributed by atoms with Crippen molar-refractivity contribution in [3.05, 3.63) is 41.9 Å². The number of aliphatic hydroxyl groups excluding tert-OH is 1. The Balaban J connectivity index is 2.61. The average molecular weight is 335 g/mol. The fraction of sp³-hybridized carbons (Fsp3) is 0.333. The second-order valence-corrected chi connectivity index (χ2v) is 9.07. The summed E-state index contributed by atoms with van der Waals surface area (Å²) in [6.45, 7) is 3.79. The van der Waals surface area contributed by atoms with Crippen LogP contribution in [-0.2, 0) is 8.48 Å². The molecule has 0 aromatic heterocycles. The molecule has 0 bridgehead atoms. The predicted molar refractivity (Wildman–Crippen MR) is 71.6 cm³/mol. The third-order valence-electron chi connectivity index (χ3n) is 2.23. The zero-order chi connectivity index (χ0) is 13.6. The molecule has 1 aromatic rings. The molecule has 0 radical (unpaired) electrons. The standard InChI is InChI=1S/C12H16AsClO4/c1-2-7-18-9-12(15)8-13(16,17)10-3-5-11(14)6-4-10/h2-6,12,15H,1,7-9H2,(H,16,17). The fourth-order valence-electron chi connectivity index (χ4n) is 1.41. The third-order valence-corrected chi connectivity index (χ3v) is 6.73. The summed E-state index contributed by atoms with van der Waals surface area (Å²) in [5, 5.41) is 9.95. The Morgan fingerprint density at radius 3 is 2.61 bits per heavy atom. The van der Waals surface area contributed by atoms with Crippen LogP contribution in [0.3, 0.4) is 0 Å². The molecule has 6 heteroatoms. The summed E-state index contributed by atoms with van der Waals surface area (Å²) in [6.07, 6.45) is 0.589. The first kappa shape index (κ1) is 15.5. The van der Waals surface area contributed by atoms with Gasteiger partial charge in [0.2, 0.25) is 0 Å². The molecule has 0 heterocycles. The molecule has 0 fully saturated rings. The van der Waals surface area contributed by atoms with Crippen LogP contribution in [0.25, 0.3) is 0 Å². The maximum absolute atomic E-state index is 12.1. The minimum atomic E-state index is -4.25. The fourth-order valence-corrected chi connectivity index (χ4v) is 4.68. The van der Waals surface area contributed by atoms with Crippen molar-refractivity contribution in [3.8, 4) is 0 Å².